The van der Waals surface area contributed by atoms with Crippen LogP contribution >= 0.6 is 23.1 Å². The van der Waals surface area contributed by atoms with Gasteiger partial charge in [-0.15, -0.1) is 10.2 Å². The van der Waals surface area contributed by atoms with Crippen molar-refractivity contribution in [1.82, 2.24) is 29.6 Å². The number of nitrogens with zero attached hydrogens (tertiary/aromatic N) is 5. The molecule has 0 spiro atoms. The predicted octanol–water partition coefficient (Wildman–Crippen LogP) is 3.88. The first-order valence-electron chi connectivity index (χ1n) is 12.0. The van der Waals surface area contributed by atoms with E-state index in [2.05, 4.69) is 25.1 Å². The Balaban J connectivity index is 1.33. The lowest BCUT2D eigenvalue weighted by atomic mass is 10.2. The van der Waals surface area contributed by atoms with Gasteiger partial charge in [-0.1, -0.05) is 54.1 Å². The van der Waals surface area contributed by atoms with Gasteiger partial charge in [-0.3, -0.25) is 19.1 Å². The number of nitrogens with one attached hydrogen (secondary N) is 1. The minimum absolute atomic E-state index is 0.0145. The third-order valence-corrected chi connectivity index (χ3v) is 8.19. The summed E-state index contributed by atoms with van der Waals surface area (Å²) in [6.07, 6.45) is 7.97. The van der Waals surface area contributed by atoms with Gasteiger partial charge >= 0.3 is 4.87 Å². The van der Waals surface area contributed by atoms with Crippen LogP contribution < -0.4 is 10.2 Å². The number of hydrogen-bond acceptors (Lipinski definition) is 7. The molecule has 0 atom stereocenters. The molecule has 0 saturated heterocycles. The van der Waals surface area contributed by atoms with Gasteiger partial charge < -0.3 is 9.88 Å². The number of thioether (sulfide) groups is 1. The Bertz CT molecular complexity index is 1340. The van der Waals surface area contributed by atoms with Crippen molar-refractivity contribution >= 4 is 39.2 Å². The fraction of sp³-hybridized carbons (Fsp3) is 0.400. The Morgan fingerprint density at radius 2 is 1.91 bits per heavy atom. The monoisotopic (exact) mass is 508 g/mol. The number of hydrogen-bond donors (Lipinski definition) is 1. The standard InChI is InChI=1S/C25H28N6O2S2/c32-23(27-19-9-1-2-10-19)17-34-24-29-28-22(30(24)15-7-11-18-8-5-6-14-26-18)16-31-20-12-3-4-13-21(20)35-25(31)33/h3-6,8,12-14,19H,1-2,7,9-11,15-17H2,(H,27,32). The van der Waals surface area contributed by atoms with E-state index in [1.165, 1.54) is 35.9 Å². The first-order valence-corrected chi connectivity index (χ1v) is 13.8. The van der Waals surface area contributed by atoms with Crippen molar-refractivity contribution in [3.05, 3.63) is 69.8 Å². The number of aromatic nitrogens is 5. The number of aryl methyl sites for hydroxylation is 1. The molecule has 3 heterocycles. The van der Waals surface area contributed by atoms with Gasteiger partial charge in [0.15, 0.2) is 11.0 Å². The minimum Gasteiger partial charge on any atom is -0.353 e. The summed E-state index contributed by atoms with van der Waals surface area (Å²) in [5.74, 6) is 1.05. The lowest BCUT2D eigenvalue weighted by molar-refractivity contribution is -0.119. The fourth-order valence-electron chi connectivity index (χ4n) is 4.51. The van der Waals surface area contributed by atoms with Crippen molar-refractivity contribution < 1.29 is 4.79 Å². The zero-order valence-corrected chi connectivity index (χ0v) is 21.1. The third kappa shape index (κ3) is 5.82. The van der Waals surface area contributed by atoms with Crippen molar-refractivity contribution in [3.63, 3.8) is 0 Å². The maximum atomic E-state index is 12.7. The Morgan fingerprint density at radius 3 is 2.74 bits per heavy atom. The molecule has 5 rings (SSSR count). The number of pyridine rings is 1. The van der Waals surface area contributed by atoms with Crippen LogP contribution in [0.3, 0.4) is 0 Å². The molecule has 0 unspecified atom stereocenters. The summed E-state index contributed by atoms with van der Waals surface area (Å²) in [6.45, 7) is 1.02. The highest BCUT2D eigenvalue weighted by Gasteiger charge is 2.20. The molecule has 1 aliphatic rings. The lowest BCUT2D eigenvalue weighted by Crippen LogP contribution is -2.33. The first-order chi connectivity index (χ1) is 17.2. The Labute approximate surface area is 211 Å². The summed E-state index contributed by atoms with van der Waals surface area (Å²) in [4.78, 5) is 29.6. The SMILES string of the molecule is O=C(CSc1nnc(Cn2c(=O)sc3ccccc32)n1CCCc1ccccn1)NC1CCCC1. The van der Waals surface area contributed by atoms with Gasteiger partial charge in [0.25, 0.3) is 0 Å². The Morgan fingerprint density at radius 1 is 1.09 bits per heavy atom. The normalized spacial score (nSPS) is 14.1. The Kier molecular flexibility index (Phi) is 7.58. The highest BCUT2D eigenvalue weighted by molar-refractivity contribution is 7.99. The van der Waals surface area contributed by atoms with Crippen molar-refractivity contribution in [2.24, 2.45) is 0 Å². The molecule has 0 radical (unpaired) electrons. The van der Waals surface area contributed by atoms with Crippen LogP contribution in [-0.2, 0) is 24.3 Å². The summed E-state index contributed by atoms with van der Waals surface area (Å²) in [6, 6.07) is 14.0. The van der Waals surface area contributed by atoms with E-state index in [1.807, 2.05) is 42.5 Å². The van der Waals surface area contributed by atoms with E-state index in [0.717, 1.165) is 47.4 Å². The van der Waals surface area contributed by atoms with Crippen LogP contribution in [0, 0.1) is 0 Å². The molecule has 8 nitrogen and oxygen atoms in total. The molecular formula is C25H28N6O2S2. The average Bonchev–Trinajstić information content (AvgIpc) is 3.59. The van der Waals surface area contributed by atoms with Gasteiger partial charge in [0.2, 0.25) is 5.91 Å². The van der Waals surface area contributed by atoms with E-state index in [9.17, 15) is 9.59 Å². The average molecular weight is 509 g/mol. The van der Waals surface area contributed by atoms with Gasteiger partial charge in [0.05, 0.1) is 22.5 Å². The number of thiazole rings is 1. The van der Waals surface area contributed by atoms with E-state index in [-0.39, 0.29) is 10.8 Å². The molecular weight excluding hydrogens is 480 g/mol. The van der Waals surface area contributed by atoms with Crippen LogP contribution in [0.1, 0.15) is 43.6 Å². The second-order valence-electron chi connectivity index (χ2n) is 8.73. The van der Waals surface area contributed by atoms with Crippen molar-refractivity contribution in [1.29, 1.82) is 0 Å². The minimum atomic E-state index is -0.0145. The quantitative estimate of drug-likeness (QED) is 0.327. The van der Waals surface area contributed by atoms with E-state index < -0.39 is 0 Å². The number of fused-ring (bicyclic) bond motifs is 1. The van der Waals surface area contributed by atoms with E-state index >= 15 is 0 Å². The molecule has 10 heteroatoms. The summed E-state index contributed by atoms with van der Waals surface area (Å²) in [5.41, 5.74) is 1.93. The van der Waals surface area contributed by atoms with Gasteiger partial charge in [-0.05, 0) is 49.9 Å². The maximum absolute atomic E-state index is 12.7. The highest BCUT2D eigenvalue weighted by atomic mass is 32.2. The number of carbonyl (C=O) groups excluding carboxylic acids is 1. The van der Waals surface area contributed by atoms with Gasteiger partial charge in [-0.2, -0.15) is 0 Å². The number of para-hydroxylation sites is 1. The van der Waals surface area contributed by atoms with E-state index in [0.29, 0.717) is 30.0 Å². The molecule has 1 amide bonds. The third-order valence-electron chi connectivity index (χ3n) is 6.26. The molecule has 0 bridgehead atoms. The number of carbonyl (C=O) groups is 1. The fourth-order valence-corrected chi connectivity index (χ4v) is 6.19. The topological polar surface area (TPSA) is 94.7 Å². The van der Waals surface area contributed by atoms with Gasteiger partial charge in [-0.25, -0.2) is 0 Å². The van der Waals surface area contributed by atoms with Gasteiger partial charge in [0, 0.05) is 24.5 Å². The van der Waals surface area contributed by atoms with Crippen LogP contribution in [0.15, 0.2) is 58.6 Å². The van der Waals surface area contributed by atoms with E-state index in [1.54, 1.807) is 10.8 Å². The zero-order valence-electron chi connectivity index (χ0n) is 19.4. The summed E-state index contributed by atoms with van der Waals surface area (Å²) in [5, 5.41) is 12.7. The van der Waals surface area contributed by atoms with Crippen LogP contribution in [-0.4, -0.2) is 42.0 Å². The van der Waals surface area contributed by atoms with Crippen LogP contribution in [0.2, 0.25) is 0 Å². The number of rotatable bonds is 10. The summed E-state index contributed by atoms with van der Waals surface area (Å²) >= 11 is 2.64. The zero-order chi connectivity index (χ0) is 24.0. The Hall–Kier alpha value is -2.98. The number of amides is 1. The first kappa shape index (κ1) is 23.7. The van der Waals surface area contributed by atoms with Crippen LogP contribution in [0.5, 0.6) is 0 Å². The second-order valence-corrected chi connectivity index (χ2v) is 10.7. The molecule has 0 aliphatic heterocycles. The lowest BCUT2D eigenvalue weighted by Gasteiger charge is -2.13. The molecule has 1 N–H and O–H groups in total. The van der Waals surface area contributed by atoms with Crippen LogP contribution in [0.4, 0.5) is 0 Å². The molecule has 1 fully saturated rings. The molecule has 35 heavy (non-hydrogen) atoms. The number of benzene rings is 1. The maximum Gasteiger partial charge on any atom is 0.308 e. The summed E-state index contributed by atoms with van der Waals surface area (Å²) < 4.78 is 4.76. The smallest absolute Gasteiger partial charge is 0.308 e. The molecule has 3 aromatic heterocycles. The largest absolute Gasteiger partial charge is 0.353 e. The molecule has 4 aromatic rings. The van der Waals surface area contributed by atoms with E-state index in [4.69, 9.17) is 0 Å². The molecule has 1 aliphatic carbocycles. The molecule has 1 aromatic carbocycles. The summed E-state index contributed by atoms with van der Waals surface area (Å²) in [7, 11) is 0. The second kappa shape index (κ2) is 11.2. The molecule has 1 saturated carbocycles. The van der Waals surface area contributed by atoms with Crippen molar-refractivity contribution in [3.8, 4) is 0 Å². The van der Waals surface area contributed by atoms with Crippen molar-refractivity contribution in [2.75, 3.05) is 5.75 Å². The highest BCUT2D eigenvalue weighted by Crippen LogP contribution is 2.22. The van der Waals surface area contributed by atoms with Crippen molar-refractivity contribution in [2.45, 2.75) is 62.8 Å². The molecule has 182 valence electrons. The van der Waals surface area contributed by atoms with Gasteiger partial charge in [0.1, 0.15) is 0 Å². The predicted molar refractivity (Wildman–Crippen MR) is 139 cm³/mol. The van der Waals surface area contributed by atoms with Crippen LogP contribution in [0.25, 0.3) is 10.2 Å².